The summed E-state index contributed by atoms with van der Waals surface area (Å²) in [6, 6.07) is 4.12. The number of hydrogen-bond acceptors (Lipinski definition) is 5. The summed E-state index contributed by atoms with van der Waals surface area (Å²) >= 11 is 0. The van der Waals surface area contributed by atoms with Gasteiger partial charge in [0.15, 0.2) is 0 Å². The molecule has 0 aliphatic carbocycles. The Hall–Kier alpha value is -1.75. The van der Waals surface area contributed by atoms with Gasteiger partial charge in [-0.2, -0.15) is 4.98 Å². The van der Waals surface area contributed by atoms with Gasteiger partial charge in [-0.05, 0) is 38.4 Å². The maximum Gasteiger partial charge on any atom is 0.231 e. The van der Waals surface area contributed by atoms with Crippen molar-refractivity contribution in [3.8, 4) is 11.4 Å². The minimum Gasteiger partial charge on any atom is -0.339 e. The van der Waals surface area contributed by atoms with Gasteiger partial charge in [0, 0.05) is 24.0 Å². The molecule has 0 aliphatic rings. The maximum atomic E-state index is 5.44. The van der Waals surface area contributed by atoms with E-state index in [4.69, 9.17) is 4.52 Å². The first-order chi connectivity index (χ1) is 9.76. The number of nitrogens with one attached hydrogen (secondary N) is 1. The molecule has 2 aromatic rings. The number of aromatic nitrogens is 3. The van der Waals surface area contributed by atoms with Crippen LogP contribution in [0.15, 0.2) is 29.0 Å². The average Bonchev–Trinajstić information content (AvgIpc) is 2.96. The Morgan fingerprint density at radius 3 is 2.85 bits per heavy atom. The van der Waals surface area contributed by atoms with Gasteiger partial charge < -0.3 is 9.84 Å². The molecular formula is C15H22N4O. The van der Waals surface area contributed by atoms with Crippen LogP contribution in [0.25, 0.3) is 11.4 Å². The molecule has 2 heterocycles. The van der Waals surface area contributed by atoms with Crippen molar-refractivity contribution >= 4 is 0 Å². The fourth-order valence-corrected chi connectivity index (χ4v) is 2.25. The summed E-state index contributed by atoms with van der Waals surface area (Å²) in [5.74, 6) is 1.54. The lowest BCUT2D eigenvalue weighted by Crippen LogP contribution is -2.32. The van der Waals surface area contributed by atoms with E-state index in [1.165, 1.54) is 0 Å². The smallest absolute Gasteiger partial charge is 0.231 e. The fraction of sp³-hybridized carbons (Fsp3) is 0.533. The zero-order valence-corrected chi connectivity index (χ0v) is 12.3. The van der Waals surface area contributed by atoms with Gasteiger partial charge in [-0.25, -0.2) is 0 Å². The fourth-order valence-electron chi connectivity index (χ4n) is 2.25. The lowest BCUT2D eigenvalue weighted by molar-refractivity contribution is 0.316. The first kappa shape index (κ1) is 14.7. The van der Waals surface area contributed by atoms with E-state index in [-0.39, 0.29) is 5.92 Å². The molecule has 5 heteroatoms. The molecule has 0 saturated heterocycles. The molecule has 0 fully saturated rings. The standard InChI is InChI=1S/C15H22N4O/c1-4-8-17-11(3)13(5-2)15-18-14(19-20-15)12-7-6-9-16-10-12/h6-7,9-11,13,17H,4-5,8H2,1-3H3. The molecule has 2 rings (SSSR count). The summed E-state index contributed by atoms with van der Waals surface area (Å²) in [7, 11) is 0. The number of hydrogen-bond donors (Lipinski definition) is 1. The van der Waals surface area contributed by atoms with Crippen molar-refractivity contribution in [1.29, 1.82) is 0 Å². The van der Waals surface area contributed by atoms with E-state index in [1.807, 2.05) is 12.1 Å². The summed E-state index contributed by atoms with van der Waals surface area (Å²) in [5.41, 5.74) is 0.881. The Kier molecular flexibility index (Phi) is 5.24. The third-order valence-electron chi connectivity index (χ3n) is 3.44. The Bertz CT molecular complexity index is 512. The average molecular weight is 274 g/mol. The van der Waals surface area contributed by atoms with Crippen LogP contribution in [-0.4, -0.2) is 27.7 Å². The largest absolute Gasteiger partial charge is 0.339 e. The molecule has 0 spiro atoms. The molecule has 5 nitrogen and oxygen atoms in total. The molecule has 0 aliphatic heterocycles. The third-order valence-corrected chi connectivity index (χ3v) is 3.44. The Balaban J connectivity index is 2.14. The van der Waals surface area contributed by atoms with Gasteiger partial charge in [0.05, 0.1) is 5.92 Å². The summed E-state index contributed by atoms with van der Waals surface area (Å²) in [4.78, 5) is 8.60. The minimum absolute atomic E-state index is 0.236. The van der Waals surface area contributed by atoms with E-state index in [9.17, 15) is 0 Å². The summed E-state index contributed by atoms with van der Waals surface area (Å²) in [6.07, 6.45) is 5.56. The van der Waals surface area contributed by atoms with Gasteiger partial charge >= 0.3 is 0 Å². The Morgan fingerprint density at radius 1 is 1.35 bits per heavy atom. The number of pyridine rings is 1. The molecule has 0 aromatic carbocycles. The molecule has 2 aromatic heterocycles. The van der Waals surface area contributed by atoms with Gasteiger partial charge in [-0.15, -0.1) is 0 Å². The molecule has 20 heavy (non-hydrogen) atoms. The topological polar surface area (TPSA) is 63.8 Å². The predicted octanol–water partition coefficient (Wildman–Crippen LogP) is 3.01. The highest BCUT2D eigenvalue weighted by Crippen LogP contribution is 2.24. The van der Waals surface area contributed by atoms with Crippen molar-refractivity contribution in [2.45, 2.75) is 45.6 Å². The monoisotopic (exact) mass is 274 g/mol. The lowest BCUT2D eigenvalue weighted by Gasteiger charge is -2.20. The first-order valence-electron chi connectivity index (χ1n) is 7.23. The van der Waals surface area contributed by atoms with E-state index in [0.717, 1.165) is 24.9 Å². The van der Waals surface area contributed by atoms with Gasteiger partial charge in [-0.1, -0.05) is 19.0 Å². The number of rotatable bonds is 7. The van der Waals surface area contributed by atoms with E-state index in [2.05, 4.69) is 41.2 Å². The predicted molar refractivity (Wildman–Crippen MR) is 78.3 cm³/mol. The molecule has 2 unspecified atom stereocenters. The Labute approximate surface area is 119 Å². The molecule has 0 radical (unpaired) electrons. The second-order valence-electron chi connectivity index (χ2n) is 4.96. The second-order valence-corrected chi connectivity index (χ2v) is 4.96. The molecule has 0 amide bonds. The summed E-state index contributed by atoms with van der Waals surface area (Å²) < 4.78 is 5.44. The van der Waals surface area contributed by atoms with Crippen LogP contribution in [0, 0.1) is 0 Å². The molecule has 0 bridgehead atoms. The highest BCUT2D eigenvalue weighted by atomic mass is 16.5. The Morgan fingerprint density at radius 2 is 2.20 bits per heavy atom. The van der Waals surface area contributed by atoms with Crippen LogP contribution in [0.3, 0.4) is 0 Å². The zero-order valence-electron chi connectivity index (χ0n) is 12.3. The van der Waals surface area contributed by atoms with E-state index in [1.54, 1.807) is 12.4 Å². The SMILES string of the molecule is CCCNC(C)C(CC)c1nc(-c2cccnc2)no1. The number of nitrogens with zero attached hydrogens (tertiary/aromatic N) is 3. The quantitative estimate of drug-likeness (QED) is 0.840. The van der Waals surface area contributed by atoms with Gasteiger partial charge in [0.2, 0.25) is 11.7 Å². The third kappa shape index (κ3) is 3.42. The van der Waals surface area contributed by atoms with Crippen molar-refractivity contribution in [3.63, 3.8) is 0 Å². The van der Waals surface area contributed by atoms with E-state index < -0.39 is 0 Å². The van der Waals surface area contributed by atoms with Crippen LogP contribution >= 0.6 is 0 Å². The zero-order chi connectivity index (χ0) is 14.4. The maximum absolute atomic E-state index is 5.44. The van der Waals surface area contributed by atoms with Crippen molar-refractivity contribution < 1.29 is 4.52 Å². The highest BCUT2D eigenvalue weighted by molar-refractivity contribution is 5.51. The highest BCUT2D eigenvalue weighted by Gasteiger charge is 2.23. The van der Waals surface area contributed by atoms with E-state index in [0.29, 0.717) is 17.8 Å². The van der Waals surface area contributed by atoms with Crippen molar-refractivity contribution in [3.05, 3.63) is 30.4 Å². The first-order valence-corrected chi connectivity index (χ1v) is 7.23. The van der Waals surface area contributed by atoms with Gasteiger partial charge in [0.1, 0.15) is 0 Å². The molecule has 2 atom stereocenters. The molecular weight excluding hydrogens is 252 g/mol. The van der Waals surface area contributed by atoms with Crippen LogP contribution in [0.1, 0.15) is 45.4 Å². The summed E-state index contributed by atoms with van der Waals surface area (Å²) in [6.45, 7) is 7.47. The van der Waals surface area contributed by atoms with Gasteiger partial charge in [-0.3, -0.25) is 4.98 Å². The van der Waals surface area contributed by atoms with Gasteiger partial charge in [0.25, 0.3) is 0 Å². The van der Waals surface area contributed by atoms with Crippen LogP contribution in [-0.2, 0) is 0 Å². The molecule has 0 saturated carbocycles. The van der Waals surface area contributed by atoms with E-state index >= 15 is 0 Å². The second kappa shape index (κ2) is 7.14. The lowest BCUT2D eigenvalue weighted by atomic mass is 9.98. The normalized spacial score (nSPS) is 14.2. The van der Waals surface area contributed by atoms with Crippen molar-refractivity contribution in [1.82, 2.24) is 20.4 Å². The van der Waals surface area contributed by atoms with Crippen molar-refractivity contribution in [2.24, 2.45) is 0 Å². The van der Waals surface area contributed by atoms with Crippen LogP contribution in [0.4, 0.5) is 0 Å². The van der Waals surface area contributed by atoms with Crippen molar-refractivity contribution in [2.75, 3.05) is 6.54 Å². The minimum atomic E-state index is 0.236. The van der Waals surface area contributed by atoms with Crippen LogP contribution in [0.2, 0.25) is 0 Å². The van der Waals surface area contributed by atoms with Crippen LogP contribution in [0.5, 0.6) is 0 Å². The molecule has 108 valence electrons. The molecule has 1 N–H and O–H groups in total. The summed E-state index contributed by atoms with van der Waals surface area (Å²) in [5, 5.41) is 7.55. The van der Waals surface area contributed by atoms with Crippen LogP contribution < -0.4 is 5.32 Å².